The number of nitrogens with one attached hydrogen (secondary N) is 1. The van der Waals surface area contributed by atoms with E-state index < -0.39 is 0 Å². The topological polar surface area (TPSA) is 29.1 Å². The Morgan fingerprint density at radius 2 is 2.36 bits per heavy atom. The zero-order chi connectivity index (χ0) is 10.4. The van der Waals surface area contributed by atoms with E-state index in [0.717, 1.165) is 13.0 Å². The van der Waals surface area contributed by atoms with E-state index in [1.165, 1.54) is 16.7 Å². The van der Waals surface area contributed by atoms with Gasteiger partial charge in [-0.3, -0.25) is 4.79 Å². The van der Waals surface area contributed by atoms with Crippen LogP contribution in [0, 0.1) is 6.92 Å². The van der Waals surface area contributed by atoms with Gasteiger partial charge in [0.15, 0.2) is 0 Å². The van der Waals surface area contributed by atoms with Crippen LogP contribution in [0.5, 0.6) is 0 Å². The minimum Gasteiger partial charge on any atom is -0.356 e. The van der Waals surface area contributed by atoms with Crippen molar-refractivity contribution in [1.29, 1.82) is 0 Å². The van der Waals surface area contributed by atoms with Crippen LogP contribution in [-0.4, -0.2) is 12.5 Å². The van der Waals surface area contributed by atoms with Crippen LogP contribution in [0.1, 0.15) is 23.1 Å². The molecule has 1 rings (SSSR count). The van der Waals surface area contributed by atoms with Gasteiger partial charge in [-0.25, -0.2) is 0 Å². The Labute approximate surface area is 88.6 Å². The number of thiophene rings is 1. The number of rotatable bonds is 4. The molecule has 0 spiro atoms. The van der Waals surface area contributed by atoms with Gasteiger partial charge in [0.25, 0.3) is 0 Å². The summed E-state index contributed by atoms with van der Waals surface area (Å²) in [5.74, 6) is 0.0327. The molecule has 0 aliphatic heterocycles. The molecule has 0 saturated carbocycles. The Morgan fingerprint density at radius 1 is 1.57 bits per heavy atom. The second kappa shape index (κ2) is 5.60. The van der Waals surface area contributed by atoms with E-state index >= 15 is 0 Å². The van der Waals surface area contributed by atoms with Gasteiger partial charge in [0, 0.05) is 23.2 Å². The molecule has 0 unspecified atom stereocenters. The molecule has 1 heterocycles. The van der Waals surface area contributed by atoms with Crippen molar-refractivity contribution in [1.82, 2.24) is 5.32 Å². The minimum atomic E-state index is 0.0327. The zero-order valence-electron chi connectivity index (χ0n) is 8.54. The van der Waals surface area contributed by atoms with E-state index in [2.05, 4.69) is 36.5 Å². The molecule has 14 heavy (non-hydrogen) atoms. The van der Waals surface area contributed by atoms with E-state index in [4.69, 9.17) is 0 Å². The first-order chi connectivity index (χ1) is 6.68. The van der Waals surface area contributed by atoms with Gasteiger partial charge in [-0.1, -0.05) is 6.08 Å². The fourth-order valence-electron chi connectivity index (χ4n) is 1.07. The lowest BCUT2D eigenvalue weighted by Crippen LogP contribution is -2.20. The van der Waals surface area contributed by atoms with Crippen LogP contribution in [0.3, 0.4) is 0 Å². The highest BCUT2D eigenvalue weighted by atomic mass is 32.1. The molecule has 0 aliphatic carbocycles. The third-order valence-corrected chi connectivity index (χ3v) is 2.69. The van der Waals surface area contributed by atoms with Gasteiger partial charge in [-0.05, 0) is 31.6 Å². The summed E-state index contributed by atoms with van der Waals surface area (Å²) < 4.78 is 0. The highest BCUT2D eigenvalue weighted by molar-refractivity contribution is 7.12. The van der Waals surface area contributed by atoms with Crippen molar-refractivity contribution < 1.29 is 4.79 Å². The summed E-state index contributed by atoms with van der Waals surface area (Å²) in [6.45, 7) is 4.35. The Balaban J connectivity index is 2.24. The molecule has 1 N–H and O–H groups in total. The van der Waals surface area contributed by atoms with Gasteiger partial charge < -0.3 is 5.32 Å². The Morgan fingerprint density at radius 3 is 2.93 bits per heavy atom. The van der Waals surface area contributed by atoms with Crippen molar-refractivity contribution in [3.05, 3.63) is 28.0 Å². The number of aryl methyl sites for hydroxylation is 1. The van der Waals surface area contributed by atoms with Crippen molar-refractivity contribution >= 4 is 23.3 Å². The second-order valence-corrected chi connectivity index (χ2v) is 4.44. The molecule has 0 saturated heterocycles. The quantitative estimate of drug-likeness (QED) is 0.759. The standard InChI is InChI=1S/C11H15NOS/c1-9-6-7-11(14-9)5-3-4-8-12-10(2)13/h3,5-7H,4,8H2,1-2H3,(H,12,13). The zero-order valence-corrected chi connectivity index (χ0v) is 9.36. The van der Waals surface area contributed by atoms with Gasteiger partial charge in [0.05, 0.1) is 0 Å². The molecule has 1 aromatic rings. The van der Waals surface area contributed by atoms with Crippen molar-refractivity contribution in [2.24, 2.45) is 0 Å². The van der Waals surface area contributed by atoms with E-state index in [1.807, 2.05) is 0 Å². The summed E-state index contributed by atoms with van der Waals surface area (Å²) in [6.07, 6.45) is 5.07. The van der Waals surface area contributed by atoms with Gasteiger partial charge in [0.1, 0.15) is 0 Å². The lowest BCUT2D eigenvalue weighted by atomic mass is 10.3. The molecule has 76 valence electrons. The summed E-state index contributed by atoms with van der Waals surface area (Å²) in [4.78, 5) is 13.1. The third kappa shape index (κ3) is 4.23. The molecule has 0 radical (unpaired) electrons. The maximum Gasteiger partial charge on any atom is 0.216 e. The predicted molar refractivity (Wildman–Crippen MR) is 61.4 cm³/mol. The molecule has 0 aliphatic rings. The normalized spacial score (nSPS) is 10.7. The van der Waals surface area contributed by atoms with Gasteiger partial charge in [-0.2, -0.15) is 0 Å². The molecule has 2 nitrogen and oxygen atoms in total. The predicted octanol–water partition coefficient (Wildman–Crippen LogP) is 2.60. The molecule has 0 aromatic carbocycles. The first kappa shape index (κ1) is 11.0. The van der Waals surface area contributed by atoms with Crippen molar-refractivity contribution in [3.8, 4) is 0 Å². The van der Waals surface area contributed by atoms with Gasteiger partial charge in [0.2, 0.25) is 5.91 Å². The van der Waals surface area contributed by atoms with Crippen molar-refractivity contribution in [2.75, 3.05) is 6.54 Å². The highest BCUT2D eigenvalue weighted by Crippen LogP contribution is 2.16. The fourth-order valence-corrected chi connectivity index (χ4v) is 1.88. The van der Waals surface area contributed by atoms with Crippen LogP contribution in [-0.2, 0) is 4.79 Å². The molecule has 0 atom stereocenters. The lowest BCUT2D eigenvalue weighted by molar-refractivity contribution is -0.118. The molecular weight excluding hydrogens is 194 g/mol. The van der Waals surface area contributed by atoms with E-state index in [0.29, 0.717) is 0 Å². The maximum atomic E-state index is 10.5. The monoisotopic (exact) mass is 209 g/mol. The summed E-state index contributed by atoms with van der Waals surface area (Å²) >= 11 is 1.78. The minimum absolute atomic E-state index is 0.0327. The first-order valence-corrected chi connectivity index (χ1v) is 5.47. The number of carbonyl (C=O) groups excluding carboxylic acids is 1. The summed E-state index contributed by atoms with van der Waals surface area (Å²) in [5.41, 5.74) is 0. The molecule has 0 fully saturated rings. The smallest absolute Gasteiger partial charge is 0.216 e. The SMILES string of the molecule is CC(=O)NCCC=Cc1ccc(C)s1. The highest BCUT2D eigenvalue weighted by Gasteiger charge is 1.90. The van der Waals surface area contributed by atoms with Crippen LogP contribution in [0.2, 0.25) is 0 Å². The summed E-state index contributed by atoms with van der Waals surface area (Å²) in [7, 11) is 0. The first-order valence-electron chi connectivity index (χ1n) is 4.66. The average Bonchev–Trinajstić information content (AvgIpc) is 2.50. The maximum absolute atomic E-state index is 10.5. The van der Waals surface area contributed by atoms with Crippen LogP contribution in [0.25, 0.3) is 6.08 Å². The van der Waals surface area contributed by atoms with E-state index in [1.54, 1.807) is 11.3 Å². The van der Waals surface area contributed by atoms with Crippen molar-refractivity contribution in [3.63, 3.8) is 0 Å². The third-order valence-electron chi connectivity index (χ3n) is 1.73. The Bertz CT molecular complexity index is 328. The summed E-state index contributed by atoms with van der Waals surface area (Å²) in [5, 5.41) is 2.75. The lowest BCUT2D eigenvalue weighted by Gasteiger charge is -1.95. The van der Waals surface area contributed by atoms with Gasteiger partial charge in [-0.15, -0.1) is 11.3 Å². The number of hydrogen-bond acceptors (Lipinski definition) is 2. The summed E-state index contributed by atoms with van der Waals surface area (Å²) in [6, 6.07) is 4.22. The Hall–Kier alpha value is -1.09. The van der Waals surface area contributed by atoms with Crippen LogP contribution >= 0.6 is 11.3 Å². The molecular formula is C11H15NOS. The number of hydrogen-bond donors (Lipinski definition) is 1. The largest absolute Gasteiger partial charge is 0.356 e. The second-order valence-electron chi connectivity index (χ2n) is 3.12. The van der Waals surface area contributed by atoms with Gasteiger partial charge >= 0.3 is 0 Å². The number of carbonyl (C=O) groups is 1. The van der Waals surface area contributed by atoms with Crippen LogP contribution < -0.4 is 5.32 Å². The average molecular weight is 209 g/mol. The van der Waals surface area contributed by atoms with Crippen LogP contribution in [0.15, 0.2) is 18.2 Å². The number of amides is 1. The molecule has 1 aromatic heterocycles. The molecule has 1 amide bonds. The van der Waals surface area contributed by atoms with Crippen molar-refractivity contribution in [2.45, 2.75) is 20.3 Å². The van der Waals surface area contributed by atoms with E-state index in [-0.39, 0.29) is 5.91 Å². The fraction of sp³-hybridized carbons (Fsp3) is 0.364. The molecule has 0 bridgehead atoms. The Kier molecular flexibility index (Phi) is 4.40. The van der Waals surface area contributed by atoms with Crippen LogP contribution in [0.4, 0.5) is 0 Å². The molecule has 3 heteroatoms. The van der Waals surface area contributed by atoms with E-state index in [9.17, 15) is 4.79 Å².